The molecule has 0 aliphatic heterocycles. The summed E-state index contributed by atoms with van der Waals surface area (Å²) in [6.45, 7) is 0.473. The van der Waals surface area contributed by atoms with Gasteiger partial charge in [0.15, 0.2) is 5.76 Å². The third-order valence-corrected chi connectivity index (χ3v) is 2.38. The predicted molar refractivity (Wildman–Crippen MR) is 59.7 cm³/mol. The van der Waals surface area contributed by atoms with E-state index < -0.39 is 11.7 Å². The van der Waals surface area contributed by atoms with E-state index in [2.05, 4.69) is 10.3 Å². The highest BCUT2D eigenvalue weighted by Gasteiger charge is 2.30. The molecule has 1 aromatic heterocycles. The van der Waals surface area contributed by atoms with E-state index >= 15 is 0 Å². The van der Waals surface area contributed by atoms with Crippen LogP contribution in [0.5, 0.6) is 0 Å². The minimum atomic E-state index is -4.32. The Morgan fingerprint density at radius 2 is 1.89 bits per heavy atom. The summed E-state index contributed by atoms with van der Waals surface area (Å²) in [5.41, 5.74) is -0.112. The van der Waals surface area contributed by atoms with Crippen LogP contribution in [0.2, 0.25) is 0 Å². The predicted octanol–water partition coefficient (Wildman–Crippen LogP) is 3.08. The zero-order valence-electron chi connectivity index (χ0n) is 9.58. The molecule has 0 atom stereocenters. The van der Waals surface area contributed by atoms with Gasteiger partial charge in [0.1, 0.15) is 0 Å². The minimum absolute atomic E-state index is 0.453. The molecule has 2 aromatic rings. The third-order valence-electron chi connectivity index (χ3n) is 2.38. The van der Waals surface area contributed by atoms with Crippen LogP contribution in [0.3, 0.4) is 0 Å². The van der Waals surface area contributed by atoms with E-state index in [0.29, 0.717) is 23.8 Å². The molecule has 96 valence electrons. The van der Waals surface area contributed by atoms with Crippen LogP contribution in [0.1, 0.15) is 11.5 Å². The van der Waals surface area contributed by atoms with Crippen LogP contribution in [0.4, 0.5) is 13.2 Å². The number of oxazole rings is 1. The first-order valence-corrected chi connectivity index (χ1v) is 5.27. The number of hydrogen-bond donors (Lipinski definition) is 1. The normalized spacial score (nSPS) is 11.8. The summed E-state index contributed by atoms with van der Waals surface area (Å²) in [4.78, 5) is 4.00. The molecular weight excluding hydrogens is 245 g/mol. The highest BCUT2D eigenvalue weighted by atomic mass is 19.4. The standard InChI is InChI=1S/C12H11F3N2O/c1-16-7-11-17-6-10(18-11)8-2-4-9(5-3-8)12(13,14)15/h2-6,16H,7H2,1H3. The second-order valence-corrected chi connectivity index (χ2v) is 3.72. The lowest BCUT2D eigenvalue weighted by Crippen LogP contribution is -2.04. The molecule has 3 nitrogen and oxygen atoms in total. The van der Waals surface area contributed by atoms with Gasteiger partial charge in [-0.25, -0.2) is 4.98 Å². The molecule has 0 radical (unpaired) electrons. The number of nitrogens with zero attached hydrogens (tertiary/aromatic N) is 1. The average Bonchev–Trinajstić information content (AvgIpc) is 2.77. The number of benzene rings is 1. The molecule has 0 saturated heterocycles. The zero-order valence-corrected chi connectivity index (χ0v) is 9.58. The molecule has 0 unspecified atom stereocenters. The quantitative estimate of drug-likeness (QED) is 0.917. The molecule has 0 bridgehead atoms. The van der Waals surface area contributed by atoms with Gasteiger partial charge < -0.3 is 9.73 Å². The summed E-state index contributed by atoms with van der Waals surface area (Å²) in [6, 6.07) is 4.78. The largest absolute Gasteiger partial charge is 0.439 e. The smallest absolute Gasteiger partial charge is 0.416 e. The molecule has 1 N–H and O–H groups in total. The van der Waals surface area contributed by atoms with Crippen molar-refractivity contribution >= 4 is 0 Å². The van der Waals surface area contributed by atoms with E-state index in [4.69, 9.17) is 4.42 Å². The molecule has 0 saturated carbocycles. The first-order valence-electron chi connectivity index (χ1n) is 5.27. The monoisotopic (exact) mass is 256 g/mol. The lowest BCUT2D eigenvalue weighted by atomic mass is 10.1. The van der Waals surface area contributed by atoms with Crippen molar-refractivity contribution in [2.75, 3.05) is 7.05 Å². The van der Waals surface area contributed by atoms with Crippen molar-refractivity contribution in [3.8, 4) is 11.3 Å². The Morgan fingerprint density at radius 3 is 2.44 bits per heavy atom. The van der Waals surface area contributed by atoms with E-state index in [1.807, 2.05) is 0 Å². The van der Waals surface area contributed by atoms with Gasteiger partial charge in [0.2, 0.25) is 5.89 Å². The summed E-state index contributed by atoms with van der Waals surface area (Å²) >= 11 is 0. The summed E-state index contributed by atoms with van der Waals surface area (Å²) in [5, 5.41) is 2.87. The fourth-order valence-electron chi connectivity index (χ4n) is 1.50. The van der Waals surface area contributed by atoms with Crippen molar-refractivity contribution in [2.24, 2.45) is 0 Å². The van der Waals surface area contributed by atoms with Crippen LogP contribution < -0.4 is 5.32 Å². The maximum Gasteiger partial charge on any atom is 0.416 e. The van der Waals surface area contributed by atoms with Gasteiger partial charge in [0.25, 0.3) is 0 Å². The van der Waals surface area contributed by atoms with Gasteiger partial charge in [-0.1, -0.05) is 12.1 Å². The van der Waals surface area contributed by atoms with Crippen molar-refractivity contribution in [3.63, 3.8) is 0 Å². The van der Waals surface area contributed by atoms with Crippen molar-refractivity contribution in [1.29, 1.82) is 0 Å². The molecule has 0 aliphatic rings. The molecule has 1 aromatic carbocycles. The highest BCUT2D eigenvalue weighted by Crippen LogP contribution is 2.31. The van der Waals surface area contributed by atoms with Gasteiger partial charge in [-0.15, -0.1) is 0 Å². The third kappa shape index (κ3) is 2.70. The minimum Gasteiger partial charge on any atom is -0.439 e. The molecule has 2 rings (SSSR count). The van der Waals surface area contributed by atoms with E-state index in [9.17, 15) is 13.2 Å². The van der Waals surface area contributed by atoms with Gasteiger partial charge in [-0.05, 0) is 19.2 Å². The van der Waals surface area contributed by atoms with Crippen molar-refractivity contribution in [2.45, 2.75) is 12.7 Å². The van der Waals surface area contributed by atoms with E-state index in [1.54, 1.807) is 7.05 Å². The molecule has 18 heavy (non-hydrogen) atoms. The molecule has 1 heterocycles. The van der Waals surface area contributed by atoms with Crippen LogP contribution in [0, 0.1) is 0 Å². The summed E-state index contributed by atoms with van der Waals surface area (Å²) in [5.74, 6) is 0.946. The summed E-state index contributed by atoms with van der Waals surface area (Å²) < 4.78 is 42.5. The first-order chi connectivity index (χ1) is 8.50. The van der Waals surface area contributed by atoms with Crippen LogP contribution in [0.15, 0.2) is 34.9 Å². The molecule has 0 fully saturated rings. The number of rotatable bonds is 3. The molecule has 6 heteroatoms. The SMILES string of the molecule is CNCc1ncc(-c2ccc(C(F)(F)F)cc2)o1. The Labute approximate surface area is 102 Å². The Balaban J connectivity index is 2.23. The van der Waals surface area contributed by atoms with E-state index in [1.165, 1.54) is 18.3 Å². The lowest BCUT2D eigenvalue weighted by molar-refractivity contribution is -0.137. The number of nitrogens with one attached hydrogen (secondary N) is 1. The van der Waals surface area contributed by atoms with Gasteiger partial charge in [-0.2, -0.15) is 13.2 Å². The van der Waals surface area contributed by atoms with Crippen LogP contribution in [-0.2, 0) is 12.7 Å². The van der Waals surface area contributed by atoms with Crippen molar-refractivity contribution in [3.05, 3.63) is 41.9 Å². The summed E-state index contributed by atoms with van der Waals surface area (Å²) in [6.07, 6.45) is -2.83. The Kier molecular flexibility index (Phi) is 3.38. The number of hydrogen-bond acceptors (Lipinski definition) is 3. The average molecular weight is 256 g/mol. The Bertz CT molecular complexity index is 517. The second kappa shape index (κ2) is 4.81. The topological polar surface area (TPSA) is 38.1 Å². The maximum absolute atomic E-state index is 12.4. The van der Waals surface area contributed by atoms with Gasteiger partial charge in [-0.3, -0.25) is 0 Å². The van der Waals surface area contributed by atoms with Crippen LogP contribution in [0.25, 0.3) is 11.3 Å². The zero-order chi connectivity index (χ0) is 13.2. The second-order valence-electron chi connectivity index (χ2n) is 3.72. The fraction of sp³-hybridized carbons (Fsp3) is 0.250. The molecular formula is C12H11F3N2O. The fourth-order valence-corrected chi connectivity index (χ4v) is 1.50. The first kappa shape index (κ1) is 12.6. The number of halogens is 3. The maximum atomic E-state index is 12.4. The molecule has 0 aliphatic carbocycles. The summed E-state index contributed by atoms with van der Waals surface area (Å²) in [7, 11) is 1.75. The van der Waals surface area contributed by atoms with Gasteiger partial charge in [0, 0.05) is 5.56 Å². The Hall–Kier alpha value is -1.82. The van der Waals surface area contributed by atoms with Gasteiger partial charge >= 0.3 is 6.18 Å². The molecule has 0 amide bonds. The van der Waals surface area contributed by atoms with Gasteiger partial charge in [0.05, 0.1) is 18.3 Å². The van der Waals surface area contributed by atoms with E-state index in [-0.39, 0.29) is 0 Å². The highest BCUT2D eigenvalue weighted by molar-refractivity contribution is 5.56. The van der Waals surface area contributed by atoms with Crippen molar-refractivity contribution < 1.29 is 17.6 Å². The number of aromatic nitrogens is 1. The Morgan fingerprint density at radius 1 is 1.22 bits per heavy atom. The number of alkyl halides is 3. The van der Waals surface area contributed by atoms with Crippen LogP contribution >= 0.6 is 0 Å². The lowest BCUT2D eigenvalue weighted by Gasteiger charge is -2.06. The van der Waals surface area contributed by atoms with Crippen LogP contribution in [-0.4, -0.2) is 12.0 Å². The van der Waals surface area contributed by atoms with Crippen molar-refractivity contribution in [1.82, 2.24) is 10.3 Å². The van der Waals surface area contributed by atoms with E-state index in [0.717, 1.165) is 12.1 Å². The molecule has 0 spiro atoms.